The molecule has 156 valence electrons. The number of amides is 2. The summed E-state index contributed by atoms with van der Waals surface area (Å²) in [4.78, 5) is 30.5. The van der Waals surface area contributed by atoms with E-state index < -0.39 is 0 Å². The van der Waals surface area contributed by atoms with Gasteiger partial charge in [0.1, 0.15) is 5.75 Å². The Bertz CT molecular complexity index is 859. The van der Waals surface area contributed by atoms with E-state index in [0.717, 1.165) is 17.0 Å². The second-order valence-corrected chi connectivity index (χ2v) is 8.13. The number of likely N-dealkylation sites (N-methyl/N-ethyl adjacent to an activating group) is 1. The minimum Gasteiger partial charge on any atom is -0.496 e. The molecule has 0 spiro atoms. The van der Waals surface area contributed by atoms with Gasteiger partial charge in [0.15, 0.2) is 0 Å². The smallest absolute Gasteiger partial charge is 0.261 e. The number of rotatable bonds is 7. The van der Waals surface area contributed by atoms with Crippen LogP contribution in [-0.2, 0) is 4.74 Å². The molecule has 7 nitrogen and oxygen atoms in total. The summed E-state index contributed by atoms with van der Waals surface area (Å²) in [7, 11) is 5.50. The highest BCUT2D eigenvalue weighted by Gasteiger charge is 2.22. The molecule has 0 bridgehead atoms. The highest BCUT2D eigenvalue weighted by Crippen LogP contribution is 2.32. The van der Waals surface area contributed by atoms with Crippen LogP contribution in [0.4, 0.5) is 0 Å². The monoisotopic (exact) mass is 417 g/mol. The van der Waals surface area contributed by atoms with Crippen LogP contribution in [0.2, 0.25) is 0 Å². The van der Waals surface area contributed by atoms with Crippen LogP contribution in [0, 0.1) is 0 Å². The Hall–Kier alpha value is -2.42. The fourth-order valence-electron chi connectivity index (χ4n) is 3.05. The number of carbonyl (C=O) groups is 2. The normalized spacial score (nSPS) is 14.1. The van der Waals surface area contributed by atoms with Crippen molar-refractivity contribution >= 4 is 23.2 Å². The van der Waals surface area contributed by atoms with Gasteiger partial charge in [-0.3, -0.25) is 9.59 Å². The molecular formula is C21H27N3O4S. The van der Waals surface area contributed by atoms with Gasteiger partial charge in [-0.25, -0.2) is 0 Å². The molecule has 29 heavy (non-hydrogen) atoms. The summed E-state index contributed by atoms with van der Waals surface area (Å²) in [5, 5.41) is 2.92. The van der Waals surface area contributed by atoms with Crippen molar-refractivity contribution in [2.75, 3.05) is 60.6 Å². The van der Waals surface area contributed by atoms with Gasteiger partial charge in [-0.15, -0.1) is 11.3 Å². The van der Waals surface area contributed by atoms with Crippen LogP contribution in [0.5, 0.6) is 5.75 Å². The Kier molecular flexibility index (Phi) is 7.24. The molecule has 0 atom stereocenters. The van der Waals surface area contributed by atoms with Gasteiger partial charge in [-0.1, -0.05) is 6.07 Å². The van der Waals surface area contributed by atoms with Crippen LogP contribution < -0.4 is 10.1 Å². The molecule has 1 aromatic heterocycles. The summed E-state index contributed by atoms with van der Waals surface area (Å²) in [6.07, 6.45) is 0. The van der Waals surface area contributed by atoms with E-state index in [0.29, 0.717) is 49.0 Å². The number of morpholine rings is 1. The van der Waals surface area contributed by atoms with Crippen molar-refractivity contribution in [3.63, 3.8) is 0 Å². The number of hydrogen-bond acceptors (Lipinski definition) is 6. The van der Waals surface area contributed by atoms with Gasteiger partial charge >= 0.3 is 0 Å². The van der Waals surface area contributed by atoms with Gasteiger partial charge in [0, 0.05) is 31.1 Å². The summed E-state index contributed by atoms with van der Waals surface area (Å²) in [5.74, 6) is 0.405. The number of nitrogens with one attached hydrogen (secondary N) is 1. The van der Waals surface area contributed by atoms with Crippen LogP contribution in [0.15, 0.2) is 30.3 Å². The molecule has 1 aliphatic heterocycles. The van der Waals surface area contributed by atoms with Crippen LogP contribution >= 0.6 is 11.3 Å². The standard InChI is InChI=1S/C21H27N3O4S/c1-23(2)9-8-22-20(25)19-7-6-18(29-19)15-4-5-16(17(14-15)27-3)21(26)24-10-12-28-13-11-24/h4-7,14H,8-13H2,1-3H3,(H,22,25). The molecule has 1 saturated heterocycles. The topological polar surface area (TPSA) is 71.1 Å². The number of benzene rings is 1. The number of carbonyl (C=O) groups excluding carboxylic acids is 2. The number of hydrogen-bond donors (Lipinski definition) is 1. The van der Waals surface area contributed by atoms with E-state index in [1.807, 2.05) is 43.3 Å². The van der Waals surface area contributed by atoms with E-state index in [1.165, 1.54) is 11.3 Å². The van der Waals surface area contributed by atoms with Crippen molar-refractivity contribution in [2.24, 2.45) is 0 Å². The maximum absolute atomic E-state index is 12.8. The van der Waals surface area contributed by atoms with Gasteiger partial charge in [0.05, 0.1) is 30.8 Å². The van der Waals surface area contributed by atoms with E-state index >= 15 is 0 Å². The Morgan fingerprint density at radius 1 is 1.21 bits per heavy atom. The third-order valence-electron chi connectivity index (χ3n) is 4.69. The molecule has 3 rings (SSSR count). The number of ether oxygens (including phenoxy) is 2. The SMILES string of the molecule is COc1cc(-c2ccc(C(=O)NCCN(C)C)s2)ccc1C(=O)N1CCOCC1. The zero-order valence-corrected chi connectivity index (χ0v) is 17.9. The minimum atomic E-state index is -0.0748. The van der Waals surface area contributed by atoms with Crippen molar-refractivity contribution in [2.45, 2.75) is 0 Å². The molecule has 2 aromatic rings. The molecule has 2 heterocycles. The van der Waals surface area contributed by atoms with Gasteiger partial charge in [-0.2, -0.15) is 0 Å². The Morgan fingerprint density at radius 2 is 1.97 bits per heavy atom. The number of thiophene rings is 1. The van der Waals surface area contributed by atoms with Crippen molar-refractivity contribution < 1.29 is 19.1 Å². The molecule has 0 unspecified atom stereocenters. The lowest BCUT2D eigenvalue weighted by Gasteiger charge is -2.27. The van der Waals surface area contributed by atoms with Gasteiger partial charge in [-0.05, 0) is 43.9 Å². The molecule has 0 saturated carbocycles. The summed E-state index contributed by atoms with van der Waals surface area (Å²) in [6, 6.07) is 9.29. The van der Waals surface area contributed by atoms with Crippen LogP contribution in [-0.4, -0.2) is 82.2 Å². The lowest BCUT2D eigenvalue weighted by atomic mass is 10.1. The second kappa shape index (κ2) is 9.87. The van der Waals surface area contributed by atoms with E-state index in [4.69, 9.17) is 9.47 Å². The summed E-state index contributed by atoms with van der Waals surface area (Å²) < 4.78 is 10.8. The molecule has 1 N–H and O–H groups in total. The Balaban J connectivity index is 1.74. The first-order valence-electron chi connectivity index (χ1n) is 9.58. The van der Waals surface area contributed by atoms with Gasteiger partial charge in [0.2, 0.25) is 0 Å². The third-order valence-corrected chi connectivity index (χ3v) is 5.82. The molecule has 0 radical (unpaired) electrons. The first kappa shape index (κ1) is 21.3. The van der Waals surface area contributed by atoms with E-state index in [9.17, 15) is 9.59 Å². The molecular weight excluding hydrogens is 390 g/mol. The Labute approximate surface area is 175 Å². The van der Waals surface area contributed by atoms with Crippen molar-refractivity contribution in [3.05, 3.63) is 40.8 Å². The zero-order valence-electron chi connectivity index (χ0n) is 17.1. The quantitative estimate of drug-likeness (QED) is 0.748. The average molecular weight is 418 g/mol. The predicted molar refractivity (Wildman–Crippen MR) is 114 cm³/mol. The largest absolute Gasteiger partial charge is 0.496 e. The number of methoxy groups -OCH3 is 1. The molecule has 8 heteroatoms. The van der Waals surface area contributed by atoms with Crippen molar-refractivity contribution in [1.82, 2.24) is 15.1 Å². The molecule has 2 amide bonds. The van der Waals surface area contributed by atoms with Crippen molar-refractivity contribution in [1.29, 1.82) is 0 Å². The van der Waals surface area contributed by atoms with Crippen LogP contribution in [0.25, 0.3) is 10.4 Å². The predicted octanol–water partition coefficient (Wildman–Crippen LogP) is 2.19. The first-order chi connectivity index (χ1) is 14.0. The molecule has 1 aliphatic rings. The summed E-state index contributed by atoms with van der Waals surface area (Å²) in [5.41, 5.74) is 1.45. The van der Waals surface area contributed by atoms with Gasteiger partial charge in [0.25, 0.3) is 11.8 Å². The highest BCUT2D eigenvalue weighted by molar-refractivity contribution is 7.17. The van der Waals surface area contributed by atoms with Gasteiger partial charge < -0.3 is 24.6 Å². The molecule has 0 aliphatic carbocycles. The maximum atomic E-state index is 12.8. The fourth-order valence-corrected chi connectivity index (χ4v) is 3.97. The summed E-state index contributed by atoms with van der Waals surface area (Å²) >= 11 is 1.42. The van der Waals surface area contributed by atoms with Crippen LogP contribution in [0.3, 0.4) is 0 Å². The third kappa shape index (κ3) is 5.35. The highest BCUT2D eigenvalue weighted by atomic mass is 32.1. The Morgan fingerprint density at radius 3 is 2.66 bits per heavy atom. The molecule has 1 fully saturated rings. The first-order valence-corrected chi connectivity index (χ1v) is 10.4. The summed E-state index contributed by atoms with van der Waals surface area (Å²) in [6.45, 7) is 3.67. The second-order valence-electron chi connectivity index (χ2n) is 7.04. The van der Waals surface area contributed by atoms with E-state index in [-0.39, 0.29) is 11.8 Å². The lowest BCUT2D eigenvalue weighted by molar-refractivity contribution is 0.0301. The minimum absolute atomic E-state index is 0.0520. The maximum Gasteiger partial charge on any atom is 0.261 e. The molecule has 1 aromatic carbocycles. The number of nitrogens with zero attached hydrogens (tertiary/aromatic N) is 2. The zero-order chi connectivity index (χ0) is 20.8. The van der Waals surface area contributed by atoms with Crippen molar-refractivity contribution in [3.8, 4) is 16.2 Å². The lowest BCUT2D eigenvalue weighted by Crippen LogP contribution is -2.40. The van der Waals surface area contributed by atoms with E-state index in [1.54, 1.807) is 18.1 Å². The van der Waals surface area contributed by atoms with E-state index in [2.05, 4.69) is 5.32 Å². The van der Waals surface area contributed by atoms with Crippen LogP contribution in [0.1, 0.15) is 20.0 Å². The fraction of sp³-hybridized carbons (Fsp3) is 0.429. The average Bonchev–Trinajstić information content (AvgIpc) is 3.23.